The van der Waals surface area contributed by atoms with Gasteiger partial charge in [0.15, 0.2) is 30.9 Å². The summed E-state index contributed by atoms with van der Waals surface area (Å²) < 4.78 is 63.2. The Balaban J connectivity index is 2.92. The molecule has 2 nitrogen and oxygen atoms in total. The molecule has 7 heteroatoms. The standard InChI is InChI=1S/C7H7F5O2/c8-2-1(7(13)14)3(9)5(11)6(12)4(2)10/h1-6H,(H,13,14). The van der Waals surface area contributed by atoms with Gasteiger partial charge in [-0.05, 0) is 0 Å². The van der Waals surface area contributed by atoms with E-state index in [2.05, 4.69) is 0 Å². The third kappa shape index (κ3) is 1.55. The Morgan fingerprint density at radius 2 is 1.07 bits per heavy atom. The smallest absolute Gasteiger partial charge is 0.312 e. The SMILES string of the molecule is O=C(O)C1C(F)C(F)C(F)C(F)C1F. The molecule has 82 valence electrons. The van der Waals surface area contributed by atoms with E-state index in [4.69, 9.17) is 5.11 Å². The van der Waals surface area contributed by atoms with E-state index in [1.807, 2.05) is 0 Å². The molecule has 4 unspecified atom stereocenters. The summed E-state index contributed by atoms with van der Waals surface area (Å²) in [6, 6.07) is 0. The number of carboxylic acid groups (broad SMARTS) is 1. The maximum absolute atomic E-state index is 12.8. The van der Waals surface area contributed by atoms with Crippen molar-refractivity contribution in [2.45, 2.75) is 30.9 Å². The van der Waals surface area contributed by atoms with E-state index >= 15 is 0 Å². The lowest BCUT2D eigenvalue weighted by atomic mass is 9.82. The summed E-state index contributed by atoms with van der Waals surface area (Å²) in [7, 11) is 0. The van der Waals surface area contributed by atoms with E-state index < -0.39 is 42.7 Å². The van der Waals surface area contributed by atoms with E-state index in [0.717, 1.165) is 0 Å². The third-order valence-corrected chi connectivity index (χ3v) is 2.19. The molecule has 0 amide bonds. The summed E-state index contributed by atoms with van der Waals surface area (Å²) in [5.41, 5.74) is 0. The van der Waals surface area contributed by atoms with Crippen LogP contribution in [-0.2, 0) is 4.79 Å². The number of halogens is 5. The van der Waals surface area contributed by atoms with E-state index in [9.17, 15) is 26.7 Å². The second kappa shape index (κ2) is 3.70. The van der Waals surface area contributed by atoms with Crippen LogP contribution in [0.5, 0.6) is 0 Å². The van der Waals surface area contributed by atoms with Crippen LogP contribution in [0.15, 0.2) is 0 Å². The van der Waals surface area contributed by atoms with Crippen molar-refractivity contribution in [3.8, 4) is 0 Å². The van der Waals surface area contributed by atoms with Crippen LogP contribution in [0.2, 0.25) is 0 Å². The second-order valence-corrected chi connectivity index (χ2v) is 3.09. The average Bonchev–Trinajstić information content (AvgIpc) is 2.11. The normalized spacial score (nSPS) is 48.9. The van der Waals surface area contributed by atoms with Gasteiger partial charge in [-0.2, -0.15) is 0 Å². The predicted octanol–water partition coefficient (Wildman–Crippen LogP) is 1.39. The van der Waals surface area contributed by atoms with E-state index in [1.54, 1.807) is 0 Å². The zero-order valence-corrected chi connectivity index (χ0v) is 6.71. The summed E-state index contributed by atoms with van der Waals surface area (Å²) in [6.45, 7) is 0. The van der Waals surface area contributed by atoms with Crippen molar-refractivity contribution in [2.24, 2.45) is 5.92 Å². The van der Waals surface area contributed by atoms with Crippen molar-refractivity contribution in [1.82, 2.24) is 0 Å². The minimum absolute atomic E-state index is 2.01. The summed E-state index contributed by atoms with van der Waals surface area (Å²) in [6.07, 6.45) is -14.5. The first-order valence-electron chi connectivity index (χ1n) is 3.81. The first kappa shape index (κ1) is 11.2. The molecule has 0 aromatic carbocycles. The number of aliphatic carboxylic acids is 1. The molecule has 0 aromatic rings. The van der Waals surface area contributed by atoms with Gasteiger partial charge in [-0.25, -0.2) is 22.0 Å². The Morgan fingerprint density at radius 3 is 1.36 bits per heavy atom. The first-order valence-corrected chi connectivity index (χ1v) is 3.81. The Labute approximate surface area is 75.7 Å². The number of rotatable bonds is 1. The minimum atomic E-state index is -2.95. The molecule has 0 radical (unpaired) electrons. The fourth-order valence-corrected chi connectivity index (χ4v) is 1.37. The molecule has 0 aliphatic heterocycles. The molecule has 1 aliphatic carbocycles. The number of hydrogen-bond donors (Lipinski definition) is 1. The van der Waals surface area contributed by atoms with Gasteiger partial charge in [-0.15, -0.1) is 0 Å². The molecule has 1 N–H and O–H groups in total. The summed E-state index contributed by atoms with van der Waals surface area (Å²) in [5, 5.41) is 8.27. The fraction of sp³-hybridized carbons (Fsp3) is 0.857. The molecular formula is C7H7F5O2. The summed E-state index contributed by atoms with van der Waals surface area (Å²) >= 11 is 0. The van der Waals surface area contributed by atoms with Crippen molar-refractivity contribution < 1.29 is 31.9 Å². The van der Waals surface area contributed by atoms with Crippen LogP contribution in [0, 0.1) is 5.92 Å². The van der Waals surface area contributed by atoms with Crippen molar-refractivity contribution in [3.05, 3.63) is 0 Å². The Kier molecular flexibility index (Phi) is 2.96. The molecule has 0 bridgehead atoms. The Hall–Kier alpha value is -0.880. The van der Waals surface area contributed by atoms with E-state index in [-0.39, 0.29) is 0 Å². The zero-order chi connectivity index (χ0) is 11.0. The number of alkyl halides is 5. The average molecular weight is 218 g/mol. The highest BCUT2D eigenvalue weighted by Crippen LogP contribution is 2.35. The fourth-order valence-electron chi connectivity index (χ4n) is 1.37. The van der Waals surface area contributed by atoms with Crippen molar-refractivity contribution in [3.63, 3.8) is 0 Å². The highest BCUT2D eigenvalue weighted by molar-refractivity contribution is 5.72. The van der Waals surface area contributed by atoms with Gasteiger partial charge in [-0.3, -0.25) is 4.79 Å². The topological polar surface area (TPSA) is 37.3 Å². The number of carboxylic acids is 1. The van der Waals surface area contributed by atoms with Crippen LogP contribution >= 0.6 is 0 Å². The predicted molar refractivity (Wildman–Crippen MR) is 35.6 cm³/mol. The number of carbonyl (C=O) groups is 1. The van der Waals surface area contributed by atoms with Gasteiger partial charge in [0.1, 0.15) is 5.92 Å². The molecule has 1 aliphatic rings. The van der Waals surface area contributed by atoms with Gasteiger partial charge in [0, 0.05) is 0 Å². The molecule has 1 rings (SSSR count). The third-order valence-electron chi connectivity index (χ3n) is 2.19. The van der Waals surface area contributed by atoms with Gasteiger partial charge >= 0.3 is 5.97 Å². The Bertz CT molecular complexity index is 220. The van der Waals surface area contributed by atoms with E-state index in [1.165, 1.54) is 0 Å². The van der Waals surface area contributed by atoms with Crippen LogP contribution in [0.3, 0.4) is 0 Å². The highest BCUT2D eigenvalue weighted by atomic mass is 19.2. The first-order chi connectivity index (χ1) is 6.37. The van der Waals surface area contributed by atoms with Crippen LogP contribution < -0.4 is 0 Å². The van der Waals surface area contributed by atoms with Crippen LogP contribution in [0.25, 0.3) is 0 Å². The molecule has 0 aromatic heterocycles. The van der Waals surface area contributed by atoms with Crippen molar-refractivity contribution in [1.29, 1.82) is 0 Å². The van der Waals surface area contributed by atoms with Gasteiger partial charge in [-0.1, -0.05) is 0 Å². The highest BCUT2D eigenvalue weighted by Gasteiger charge is 2.56. The lowest BCUT2D eigenvalue weighted by molar-refractivity contribution is -0.159. The van der Waals surface area contributed by atoms with Gasteiger partial charge < -0.3 is 5.11 Å². The molecule has 1 saturated carbocycles. The Morgan fingerprint density at radius 1 is 0.786 bits per heavy atom. The molecular weight excluding hydrogens is 211 g/mol. The quantitative estimate of drug-likeness (QED) is 0.675. The monoisotopic (exact) mass is 218 g/mol. The minimum Gasteiger partial charge on any atom is -0.481 e. The second-order valence-electron chi connectivity index (χ2n) is 3.09. The molecule has 0 spiro atoms. The lowest BCUT2D eigenvalue weighted by Crippen LogP contribution is -2.55. The maximum atomic E-state index is 12.8. The van der Waals surface area contributed by atoms with Crippen LogP contribution in [0.4, 0.5) is 22.0 Å². The number of hydrogen-bond acceptors (Lipinski definition) is 1. The molecule has 1 fully saturated rings. The van der Waals surface area contributed by atoms with Gasteiger partial charge in [0.25, 0.3) is 0 Å². The molecule has 14 heavy (non-hydrogen) atoms. The van der Waals surface area contributed by atoms with E-state index in [0.29, 0.717) is 0 Å². The van der Waals surface area contributed by atoms with Crippen LogP contribution in [-0.4, -0.2) is 41.9 Å². The molecule has 0 heterocycles. The van der Waals surface area contributed by atoms with Gasteiger partial charge in [0.05, 0.1) is 0 Å². The summed E-state index contributed by atoms with van der Waals surface area (Å²) in [5.74, 6) is -4.49. The summed E-state index contributed by atoms with van der Waals surface area (Å²) in [4.78, 5) is 10.2. The molecule has 0 saturated heterocycles. The largest absolute Gasteiger partial charge is 0.481 e. The maximum Gasteiger partial charge on any atom is 0.312 e. The van der Waals surface area contributed by atoms with Crippen LogP contribution in [0.1, 0.15) is 0 Å². The molecule has 4 atom stereocenters. The van der Waals surface area contributed by atoms with Crippen molar-refractivity contribution >= 4 is 5.97 Å². The lowest BCUT2D eigenvalue weighted by Gasteiger charge is -2.33. The van der Waals surface area contributed by atoms with Crippen molar-refractivity contribution in [2.75, 3.05) is 0 Å². The zero-order valence-electron chi connectivity index (χ0n) is 6.71. The van der Waals surface area contributed by atoms with Gasteiger partial charge in [0.2, 0.25) is 0 Å².